The van der Waals surface area contributed by atoms with Gasteiger partial charge in [0.25, 0.3) is 0 Å². The second kappa shape index (κ2) is 5.79. The molecule has 2 fully saturated rings. The molecule has 2 aliphatic heterocycles. The van der Waals surface area contributed by atoms with E-state index in [1.807, 2.05) is 11.8 Å². The monoisotopic (exact) mass is 274 g/mol. The molecule has 0 saturated carbocycles. The molecule has 7 heteroatoms. The lowest BCUT2D eigenvalue weighted by Gasteiger charge is -2.31. The van der Waals surface area contributed by atoms with Gasteiger partial charge in [0.15, 0.2) is 0 Å². The summed E-state index contributed by atoms with van der Waals surface area (Å²) in [4.78, 5) is 24.7. The maximum Gasteiger partial charge on any atom is 0.317 e. The highest BCUT2D eigenvalue weighted by Crippen LogP contribution is 2.19. The van der Waals surface area contributed by atoms with Crippen molar-refractivity contribution >= 4 is 23.8 Å². The second-order valence-corrected chi connectivity index (χ2v) is 6.21. The quantitative estimate of drug-likeness (QED) is 0.754. The molecule has 2 heterocycles. The Hall–Kier alpha value is -0.950. The van der Waals surface area contributed by atoms with Gasteiger partial charge in [0, 0.05) is 24.1 Å². The molecule has 3 atom stereocenters. The fraction of sp³-hybridized carbons (Fsp3) is 0.818. The number of thioether (sulfide) groups is 1. The van der Waals surface area contributed by atoms with E-state index in [1.54, 1.807) is 4.90 Å². The number of aliphatic carboxylic acids is 1. The highest BCUT2D eigenvalue weighted by atomic mass is 32.2. The van der Waals surface area contributed by atoms with Crippen molar-refractivity contribution in [2.75, 3.05) is 32.1 Å². The lowest BCUT2D eigenvalue weighted by molar-refractivity contribution is -0.142. The van der Waals surface area contributed by atoms with Gasteiger partial charge in [-0.2, -0.15) is 11.8 Å². The minimum absolute atomic E-state index is 0.173. The van der Waals surface area contributed by atoms with Crippen LogP contribution < -0.4 is 5.32 Å². The van der Waals surface area contributed by atoms with Gasteiger partial charge in [-0.1, -0.05) is 6.92 Å². The number of urea groups is 1. The lowest BCUT2D eigenvalue weighted by atomic mass is 10.0. The molecule has 0 bridgehead atoms. The molecule has 0 radical (unpaired) electrons. The second-order valence-electron chi connectivity index (χ2n) is 4.67. The van der Waals surface area contributed by atoms with E-state index < -0.39 is 17.9 Å². The zero-order valence-electron chi connectivity index (χ0n) is 10.3. The van der Waals surface area contributed by atoms with Crippen LogP contribution in [0.2, 0.25) is 0 Å². The molecule has 0 spiro atoms. The van der Waals surface area contributed by atoms with Crippen molar-refractivity contribution in [3.63, 3.8) is 0 Å². The number of amides is 2. The largest absolute Gasteiger partial charge is 0.481 e. The fourth-order valence-electron chi connectivity index (χ4n) is 2.19. The van der Waals surface area contributed by atoms with Crippen LogP contribution in [0.25, 0.3) is 0 Å². The third-order valence-corrected chi connectivity index (χ3v) is 4.37. The van der Waals surface area contributed by atoms with E-state index in [0.29, 0.717) is 18.3 Å². The van der Waals surface area contributed by atoms with Crippen LogP contribution in [0.3, 0.4) is 0 Å². The van der Waals surface area contributed by atoms with Crippen molar-refractivity contribution in [3.05, 3.63) is 0 Å². The Morgan fingerprint density at radius 1 is 1.44 bits per heavy atom. The number of hydrogen-bond donors (Lipinski definition) is 2. The summed E-state index contributed by atoms with van der Waals surface area (Å²) >= 11 is 1.85. The SMILES string of the molecule is CC1CN(C(=O)NC2COCC2C(=O)O)CCS1. The fourth-order valence-corrected chi connectivity index (χ4v) is 3.21. The average Bonchev–Trinajstić information content (AvgIpc) is 2.77. The van der Waals surface area contributed by atoms with Crippen molar-refractivity contribution in [1.82, 2.24) is 10.2 Å². The molecule has 2 aliphatic rings. The van der Waals surface area contributed by atoms with Crippen molar-refractivity contribution < 1.29 is 19.4 Å². The van der Waals surface area contributed by atoms with Gasteiger partial charge in [0.2, 0.25) is 0 Å². The van der Waals surface area contributed by atoms with E-state index in [9.17, 15) is 9.59 Å². The van der Waals surface area contributed by atoms with Crippen LogP contribution in [0.15, 0.2) is 0 Å². The van der Waals surface area contributed by atoms with Crippen molar-refractivity contribution in [1.29, 1.82) is 0 Å². The molecule has 102 valence electrons. The molecule has 18 heavy (non-hydrogen) atoms. The van der Waals surface area contributed by atoms with E-state index in [2.05, 4.69) is 12.2 Å². The summed E-state index contributed by atoms with van der Waals surface area (Å²) < 4.78 is 5.12. The van der Waals surface area contributed by atoms with Gasteiger partial charge in [0.05, 0.1) is 19.3 Å². The van der Waals surface area contributed by atoms with Gasteiger partial charge >= 0.3 is 12.0 Å². The molecular weight excluding hydrogens is 256 g/mol. The first kappa shape index (κ1) is 13.5. The molecule has 0 aliphatic carbocycles. The Bertz CT molecular complexity index is 339. The van der Waals surface area contributed by atoms with E-state index in [4.69, 9.17) is 9.84 Å². The van der Waals surface area contributed by atoms with Crippen LogP contribution in [0.4, 0.5) is 4.79 Å². The normalized spacial score (nSPS) is 32.3. The van der Waals surface area contributed by atoms with Crippen LogP contribution >= 0.6 is 11.8 Å². The standard InChI is InChI=1S/C11H18N2O4S/c1-7-4-13(2-3-18-7)11(16)12-9-6-17-5-8(9)10(14)15/h7-9H,2-6H2,1H3,(H,12,16)(H,14,15). The number of hydrogen-bond acceptors (Lipinski definition) is 4. The predicted molar refractivity (Wildman–Crippen MR) is 67.8 cm³/mol. The number of carboxylic acids is 1. The smallest absolute Gasteiger partial charge is 0.317 e. The van der Waals surface area contributed by atoms with Gasteiger partial charge in [-0.05, 0) is 0 Å². The molecule has 2 N–H and O–H groups in total. The Balaban J connectivity index is 1.88. The van der Waals surface area contributed by atoms with Crippen LogP contribution in [-0.2, 0) is 9.53 Å². The summed E-state index contributed by atoms with van der Waals surface area (Å²) in [6, 6.07) is -0.594. The van der Waals surface area contributed by atoms with Gasteiger partial charge < -0.3 is 20.1 Å². The van der Waals surface area contributed by atoms with Gasteiger partial charge in [-0.15, -0.1) is 0 Å². The number of carboxylic acid groups (broad SMARTS) is 1. The molecule has 6 nitrogen and oxygen atoms in total. The number of ether oxygens (including phenoxy) is 1. The Kier molecular flexibility index (Phi) is 4.34. The number of carbonyl (C=O) groups excluding carboxylic acids is 1. The van der Waals surface area contributed by atoms with E-state index in [1.165, 1.54) is 0 Å². The third kappa shape index (κ3) is 3.08. The van der Waals surface area contributed by atoms with Gasteiger partial charge in [-0.25, -0.2) is 4.79 Å². The number of nitrogens with one attached hydrogen (secondary N) is 1. The van der Waals surface area contributed by atoms with Crippen LogP contribution in [0.5, 0.6) is 0 Å². The minimum atomic E-state index is -0.916. The number of nitrogens with zero attached hydrogens (tertiary/aromatic N) is 1. The highest BCUT2D eigenvalue weighted by molar-refractivity contribution is 7.99. The van der Waals surface area contributed by atoms with Crippen LogP contribution in [-0.4, -0.2) is 65.4 Å². The topological polar surface area (TPSA) is 78.9 Å². The van der Waals surface area contributed by atoms with Crippen molar-refractivity contribution in [2.24, 2.45) is 5.92 Å². The molecule has 2 saturated heterocycles. The Morgan fingerprint density at radius 2 is 2.22 bits per heavy atom. The molecule has 0 aromatic rings. The van der Waals surface area contributed by atoms with Crippen LogP contribution in [0, 0.1) is 5.92 Å². The van der Waals surface area contributed by atoms with E-state index in [-0.39, 0.29) is 19.2 Å². The first-order chi connectivity index (χ1) is 8.58. The minimum Gasteiger partial charge on any atom is -0.481 e. The summed E-state index contributed by atoms with van der Waals surface area (Å²) in [6.07, 6.45) is 0. The zero-order valence-corrected chi connectivity index (χ0v) is 11.1. The predicted octanol–water partition coefficient (Wildman–Crippen LogP) is 0.233. The van der Waals surface area contributed by atoms with Crippen molar-refractivity contribution in [3.8, 4) is 0 Å². The zero-order chi connectivity index (χ0) is 13.1. The summed E-state index contributed by atoms with van der Waals surface area (Å²) in [7, 11) is 0. The lowest BCUT2D eigenvalue weighted by Crippen LogP contribution is -2.52. The first-order valence-corrected chi connectivity index (χ1v) is 7.10. The summed E-state index contributed by atoms with van der Waals surface area (Å²) in [5.41, 5.74) is 0. The van der Waals surface area contributed by atoms with Crippen molar-refractivity contribution in [2.45, 2.75) is 18.2 Å². The molecule has 2 rings (SSSR count). The van der Waals surface area contributed by atoms with Crippen LogP contribution in [0.1, 0.15) is 6.92 Å². The van der Waals surface area contributed by atoms with E-state index >= 15 is 0 Å². The Morgan fingerprint density at radius 3 is 2.89 bits per heavy atom. The molecular formula is C11H18N2O4S. The summed E-state index contributed by atoms with van der Waals surface area (Å²) in [6.45, 7) is 3.96. The number of rotatable bonds is 2. The molecule has 0 aromatic carbocycles. The number of carbonyl (C=O) groups is 2. The maximum atomic E-state index is 12.0. The summed E-state index contributed by atoms with van der Waals surface area (Å²) in [5.74, 6) is -0.621. The van der Waals surface area contributed by atoms with Gasteiger partial charge in [-0.3, -0.25) is 4.79 Å². The van der Waals surface area contributed by atoms with Gasteiger partial charge in [0.1, 0.15) is 5.92 Å². The molecule has 3 unspecified atom stereocenters. The maximum absolute atomic E-state index is 12.0. The first-order valence-electron chi connectivity index (χ1n) is 6.05. The Labute approximate surface area is 110 Å². The molecule has 2 amide bonds. The molecule has 0 aromatic heterocycles. The highest BCUT2D eigenvalue weighted by Gasteiger charge is 2.36. The third-order valence-electron chi connectivity index (χ3n) is 3.23. The summed E-state index contributed by atoms with van der Waals surface area (Å²) in [5, 5.41) is 12.2. The van der Waals surface area contributed by atoms with E-state index in [0.717, 1.165) is 5.75 Å². The average molecular weight is 274 g/mol.